The minimum atomic E-state index is -0.529. The van der Waals surface area contributed by atoms with Gasteiger partial charge in [0.2, 0.25) is 0 Å². The largest absolute Gasteiger partial charge is 0.454 e. The van der Waals surface area contributed by atoms with Gasteiger partial charge in [0.25, 0.3) is 11.6 Å². The Kier molecular flexibility index (Phi) is 2.80. The predicted molar refractivity (Wildman–Crippen MR) is 72.6 cm³/mol. The Hall–Kier alpha value is -2.60. The maximum Gasteiger partial charge on any atom is 0.273 e. The highest BCUT2D eigenvalue weighted by atomic mass is 35.5. The van der Waals surface area contributed by atoms with Crippen molar-refractivity contribution >= 4 is 28.9 Å². The topological polar surface area (TPSA) is 81.5 Å². The van der Waals surface area contributed by atoms with Crippen LogP contribution >= 0.6 is 11.6 Å². The van der Waals surface area contributed by atoms with Crippen LogP contribution in [0.2, 0.25) is 5.02 Å². The van der Waals surface area contributed by atoms with Gasteiger partial charge in [0, 0.05) is 11.1 Å². The molecule has 100 valence electrons. The lowest BCUT2D eigenvalue weighted by Gasteiger charge is -2.07. The minimum Gasteiger partial charge on any atom is -0.454 e. The van der Waals surface area contributed by atoms with Crippen molar-refractivity contribution in [2.75, 3.05) is 5.32 Å². The Labute approximate surface area is 118 Å². The molecule has 1 amide bonds. The van der Waals surface area contributed by atoms with Gasteiger partial charge in [0.05, 0.1) is 22.2 Å². The van der Waals surface area contributed by atoms with Crippen molar-refractivity contribution in [1.82, 2.24) is 0 Å². The van der Waals surface area contributed by atoms with E-state index in [0.717, 1.165) is 0 Å². The van der Waals surface area contributed by atoms with Crippen LogP contribution in [0.3, 0.4) is 0 Å². The van der Waals surface area contributed by atoms with Crippen LogP contribution in [0.15, 0.2) is 36.4 Å². The molecule has 2 aromatic rings. The third-order valence-corrected chi connectivity index (χ3v) is 3.07. The molecule has 0 spiro atoms. The zero-order valence-corrected chi connectivity index (χ0v) is 10.7. The summed E-state index contributed by atoms with van der Waals surface area (Å²) in [6.45, 7) is 0. The first kappa shape index (κ1) is 12.4. The number of ether oxygens (including phenoxy) is 1. The minimum absolute atomic E-state index is 0.115. The number of nitro groups is 1. The number of nitrogens with zero attached hydrogens (tertiary/aromatic N) is 1. The van der Waals surface area contributed by atoms with Gasteiger partial charge in [-0.2, -0.15) is 0 Å². The monoisotopic (exact) mass is 290 g/mol. The lowest BCUT2D eigenvalue weighted by molar-refractivity contribution is -0.384. The van der Waals surface area contributed by atoms with Crippen LogP contribution in [0.5, 0.6) is 11.5 Å². The first-order chi connectivity index (χ1) is 9.54. The van der Waals surface area contributed by atoms with Crippen molar-refractivity contribution in [2.24, 2.45) is 0 Å². The van der Waals surface area contributed by atoms with E-state index in [2.05, 4.69) is 5.32 Å². The molecule has 1 aliphatic heterocycles. The van der Waals surface area contributed by atoms with E-state index < -0.39 is 4.92 Å². The summed E-state index contributed by atoms with van der Waals surface area (Å²) in [5, 5.41) is 13.8. The highest BCUT2D eigenvalue weighted by Crippen LogP contribution is 2.38. The highest BCUT2D eigenvalue weighted by Gasteiger charge is 2.22. The van der Waals surface area contributed by atoms with Crippen LogP contribution in [0.1, 0.15) is 10.4 Å². The van der Waals surface area contributed by atoms with Crippen molar-refractivity contribution in [2.45, 2.75) is 0 Å². The molecule has 0 saturated heterocycles. The number of hydrogen-bond donors (Lipinski definition) is 1. The average molecular weight is 291 g/mol. The SMILES string of the molecule is O=C1Nc2ccc([N+](=O)[O-])cc2Oc2ccc(Cl)cc21. The molecule has 3 rings (SSSR count). The van der Waals surface area contributed by atoms with Crippen LogP contribution in [0, 0.1) is 10.1 Å². The zero-order valence-electron chi connectivity index (χ0n) is 9.92. The number of hydrogen-bond acceptors (Lipinski definition) is 4. The number of benzene rings is 2. The number of halogens is 1. The van der Waals surface area contributed by atoms with Crippen molar-refractivity contribution in [1.29, 1.82) is 0 Å². The predicted octanol–water partition coefficient (Wildman–Crippen LogP) is 3.61. The highest BCUT2D eigenvalue weighted by molar-refractivity contribution is 6.31. The van der Waals surface area contributed by atoms with Gasteiger partial charge in [-0.3, -0.25) is 14.9 Å². The van der Waals surface area contributed by atoms with Crippen molar-refractivity contribution in [3.63, 3.8) is 0 Å². The smallest absolute Gasteiger partial charge is 0.273 e. The molecular formula is C13H7ClN2O4. The number of anilines is 1. The van der Waals surface area contributed by atoms with Gasteiger partial charge in [-0.25, -0.2) is 0 Å². The second kappa shape index (κ2) is 4.50. The molecule has 20 heavy (non-hydrogen) atoms. The van der Waals surface area contributed by atoms with Gasteiger partial charge in [-0.05, 0) is 24.3 Å². The van der Waals surface area contributed by atoms with Crippen molar-refractivity contribution in [3.05, 3.63) is 57.1 Å². The van der Waals surface area contributed by atoms with E-state index in [1.807, 2.05) is 0 Å². The number of amides is 1. The third-order valence-electron chi connectivity index (χ3n) is 2.83. The maximum absolute atomic E-state index is 12.1. The summed E-state index contributed by atoms with van der Waals surface area (Å²) in [5.41, 5.74) is 0.527. The normalized spacial score (nSPS) is 12.6. The molecule has 2 aromatic carbocycles. The fourth-order valence-electron chi connectivity index (χ4n) is 1.89. The van der Waals surface area contributed by atoms with E-state index in [1.165, 1.54) is 24.3 Å². The van der Waals surface area contributed by atoms with Crippen LogP contribution in [-0.2, 0) is 0 Å². The summed E-state index contributed by atoms with van der Waals surface area (Å²) in [6, 6.07) is 8.59. The molecule has 0 atom stereocenters. The molecule has 1 heterocycles. The lowest BCUT2D eigenvalue weighted by atomic mass is 10.2. The molecule has 0 saturated carbocycles. The quantitative estimate of drug-likeness (QED) is 0.642. The van der Waals surface area contributed by atoms with E-state index in [0.29, 0.717) is 16.5 Å². The number of carbonyl (C=O) groups excluding carboxylic acids is 1. The van der Waals surface area contributed by atoms with Gasteiger partial charge < -0.3 is 10.1 Å². The Bertz CT molecular complexity index is 745. The summed E-state index contributed by atoms with van der Waals surface area (Å²) in [7, 11) is 0. The molecule has 6 nitrogen and oxygen atoms in total. The van der Waals surface area contributed by atoms with E-state index in [9.17, 15) is 14.9 Å². The number of non-ortho nitro benzene ring substituents is 1. The second-order valence-electron chi connectivity index (χ2n) is 4.13. The second-order valence-corrected chi connectivity index (χ2v) is 4.57. The van der Waals surface area contributed by atoms with Gasteiger partial charge in [0.15, 0.2) is 5.75 Å². The molecule has 0 bridgehead atoms. The third kappa shape index (κ3) is 2.06. The molecular weight excluding hydrogens is 284 g/mol. The van der Waals surface area contributed by atoms with Crippen LogP contribution in [0.4, 0.5) is 11.4 Å². The molecule has 0 aliphatic carbocycles. The summed E-state index contributed by atoms with van der Waals surface area (Å²) >= 11 is 5.85. The summed E-state index contributed by atoms with van der Waals surface area (Å²) in [6.07, 6.45) is 0. The Morgan fingerprint density at radius 1 is 1.15 bits per heavy atom. The van der Waals surface area contributed by atoms with Crippen LogP contribution in [0.25, 0.3) is 0 Å². The lowest BCUT2D eigenvalue weighted by Crippen LogP contribution is -2.10. The van der Waals surface area contributed by atoms with Gasteiger partial charge in [0.1, 0.15) is 5.75 Å². The molecule has 7 heteroatoms. The molecule has 0 aromatic heterocycles. The maximum atomic E-state index is 12.1. The first-order valence-corrected chi connectivity index (χ1v) is 5.99. The average Bonchev–Trinajstić information content (AvgIpc) is 2.54. The Morgan fingerprint density at radius 3 is 2.70 bits per heavy atom. The van der Waals surface area contributed by atoms with Gasteiger partial charge >= 0.3 is 0 Å². The van der Waals surface area contributed by atoms with Crippen molar-refractivity contribution in [3.8, 4) is 11.5 Å². The fourth-order valence-corrected chi connectivity index (χ4v) is 2.06. The summed E-state index contributed by atoms with van der Waals surface area (Å²) in [5.74, 6) is 0.134. The number of nitrogens with one attached hydrogen (secondary N) is 1. The van der Waals surface area contributed by atoms with Gasteiger partial charge in [-0.1, -0.05) is 11.6 Å². The fraction of sp³-hybridized carbons (Fsp3) is 0. The summed E-state index contributed by atoms with van der Waals surface area (Å²) in [4.78, 5) is 22.3. The van der Waals surface area contributed by atoms with E-state index >= 15 is 0 Å². The number of carbonyl (C=O) groups is 1. The van der Waals surface area contributed by atoms with E-state index in [4.69, 9.17) is 16.3 Å². The Balaban J connectivity index is 2.13. The summed E-state index contributed by atoms with van der Waals surface area (Å²) < 4.78 is 5.57. The molecule has 0 fully saturated rings. The number of rotatable bonds is 1. The molecule has 0 unspecified atom stereocenters. The first-order valence-electron chi connectivity index (χ1n) is 5.62. The Morgan fingerprint density at radius 2 is 1.95 bits per heavy atom. The van der Waals surface area contributed by atoms with Crippen molar-refractivity contribution < 1.29 is 14.5 Å². The van der Waals surface area contributed by atoms with Gasteiger partial charge in [-0.15, -0.1) is 0 Å². The van der Waals surface area contributed by atoms with E-state index in [-0.39, 0.29) is 22.9 Å². The number of nitro benzene ring substituents is 1. The zero-order chi connectivity index (χ0) is 14.3. The molecule has 1 aliphatic rings. The van der Waals surface area contributed by atoms with E-state index in [1.54, 1.807) is 12.1 Å². The molecule has 1 N–H and O–H groups in total. The standard InChI is InChI=1S/C13H7ClN2O4/c14-7-1-4-11-9(5-7)13(17)15-10-3-2-8(16(18)19)6-12(10)20-11/h1-6H,(H,15,17). The van der Waals surface area contributed by atoms with Crippen LogP contribution < -0.4 is 10.1 Å². The number of fused-ring (bicyclic) bond motifs is 2. The van der Waals surface area contributed by atoms with Crippen LogP contribution in [-0.4, -0.2) is 10.8 Å². The molecule has 0 radical (unpaired) electrons.